The zero-order valence-corrected chi connectivity index (χ0v) is 23.3. The predicted octanol–water partition coefficient (Wildman–Crippen LogP) is 6.82. The highest BCUT2D eigenvalue weighted by molar-refractivity contribution is 5.91. The Kier molecular flexibility index (Phi) is 7.40. The average molecular weight is 532 g/mol. The van der Waals surface area contributed by atoms with Gasteiger partial charge in [-0.2, -0.15) is 0 Å². The van der Waals surface area contributed by atoms with Crippen LogP contribution in [0.1, 0.15) is 71.3 Å². The third-order valence-electron chi connectivity index (χ3n) is 8.58. The molecule has 204 valence electrons. The van der Waals surface area contributed by atoms with E-state index in [0.717, 1.165) is 54.6 Å². The van der Waals surface area contributed by atoms with Gasteiger partial charge in [-0.3, -0.25) is 9.20 Å². The molecule has 0 unspecified atom stereocenters. The normalized spacial score (nSPS) is 15.5. The van der Waals surface area contributed by atoms with Gasteiger partial charge in [0.1, 0.15) is 5.65 Å². The van der Waals surface area contributed by atoms with Crippen molar-refractivity contribution in [3.05, 3.63) is 119 Å². The van der Waals surface area contributed by atoms with Gasteiger partial charge in [0.15, 0.2) is 0 Å². The number of hydrogen-bond donors (Lipinski definition) is 2. The summed E-state index contributed by atoms with van der Waals surface area (Å²) in [6.45, 7) is 4.06. The summed E-state index contributed by atoms with van der Waals surface area (Å²) in [6, 6.07) is 28.6. The lowest BCUT2D eigenvalue weighted by molar-refractivity contribution is -0.124. The molecule has 0 spiro atoms. The third kappa shape index (κ3) is 5.02. The first-order chi connectivity index (χ1) is 19.5. The lowest BCUT2D eigenvalue weighted by atomic mass is 9.83. The van der Waals surface area contributed by atoms with Gasteiger partial charge in [-0.15, -0.1) is 0 Å². The summed E-state index contributed by atoms with van der Waals surface area (Å²) in [7, 11) is 0. The van der Waals surface area contributed by atoms with Gasteiger partial charge < -0.3 is 10.4 Å². The first kappa shape index (κ1) is 26.3. The Hall–Kier alpha value is -3.96. The maximum Gasteiger partial charge on any atom is 0.228 e. The van der Waals surface area contributed by atoms with Gasteiger partial charge >= 0.3 is 0 Å². The molecule has 2 atom stereocenters. The lowest BCUT2D eigenvalue weighted by Crippen LogP contribution is -2.37. The van der Waals surface area contributed by atoms with E-state index < -0.39 is 6.04 Å². The number of aliphatic hydroxyl groups excluding tert-OH is 1. The van der Waals surface area contributed by atoms with Crippen LogP contribution in [0.5, 0.6) is 0 Å². The minimum absolute atomic E-state index is 0.00197. The minimum Gasteiger partial charge on any atom is -0.394 e. The van der Waals surface area contributed by atoms with Crippen LogP contribution in [-0.4, -0.2) is 27.0 Å². The fourth-order valence-corrected chi connectivity index (χ4v) is 6.66. The summed E-state index contributed by atoms with van der Waals surface area (Å²) in [5.41, 5.74) is 8.80. The van der Waals surface area contributed by atoms with Crippen LogP contribution >= 0.6 is 0 Å². The summed E-state index contributed by atoms with van der Waals surface area (Å²) in [6.07, 6.45) is 5.21. The molecule has 2 heterocycles. The fraction of sp³-hybridized carbons (Fsp3) is 0.314. The Balaban J connectivity index is 1.30. The van der Waals surface area contributed by atoms with E-state index in [9.17, 15) is 9.90 Å². The average Bonchev–Trinajstić information content (AvgIpc) is 3.60. The Morgan fingerprint density at radius 3 is 2.38 bits per heavy atom. The van der Waals surface area contributed by atoms with Crippen molar-refractivity contribution in [1.29, 1.82) is 0 Å². The van der Waals surface area contributed by atoms with Crippen LogP contribution in [0.3, 0.4) is 0 Å². The summed E-state index contributed by atoms with van der Waals surface area (Å²) >= 11 is 0. The number of amides is 1. The van der Waals surface area contributed by atoms with Crippen molar-refractivity contribution in [3.8, 4) is 0 Å². The molecule has 1 amide bonds. The number of fused-ring (bicyclic) bond motifs is 3. The molecule has 1 aliphatic rings. The topological polar surface area (TPSA) is 66.6 Å². The number of aromatic nitrogens is 2. The molecule has 6 rings (SSSR count). The maximum atomic E-state index is 13.7. The Bertz CT molecular complexity index is 1630. The predicted molar refractivity (Wildman–Crippen MR) is 161 cm³/mol. The van der Waals surface area contributed by atoms with Crippen LogP contribution in [0, 0.1) is 19.8 Å². The third-order valence-corrected chi connectivity index (χ3v) is 8.58. The zero-order valence-electron chi connectivity index (χ0n) is 23.3. The summed E-state index contributed by atoms with van der Waals surface area (Å²) < 4.78 is 2.26. The van der Waals surface area contributed by atoms with E-state index in [1.54, 1.807) is 0 Å². The SMILES string of the molecule is Cc1cc(C)n2c(n1)c(Cc1ccc([C@H](C(=O)N[C@@H](CO)c3ccccc3)C3CCCC3)cc1)c1ccccc12. The largest absolute Gasteiger partial charge is 0.394 e. The smallest absolute Gasteiger partial charge is 0.228 e. The maximum absolute atomic E-state index is 13.7. The number of hydrogen-bond acceptors (Lipinski definition) is 3. The molecule has 1 aliphatic carbocycles. The Labute approximate surface area is 235 Å². The van der Waals surface area contributed by atoms with Gasteiger partial charge in [0.25, 0.3) is 0 Å². The van der Waals surface area contributed by atoms with Crippen molar-refractivity contribution in [2.75, 3.05) is 6.61 Å². The molecule has 2 N–H and O–H groups in total. The van der Waals surface area contributed by atoms with E-state index in [0.29, 0.717) is 5.92 Å². The van der Waals surface area contributed by atoms with Gasteiger partial charge in [-0.05, 0) is 61.4 Å². The molecule has 5 heteroatoms. The molecule has 0 bridgehead atoms. The lowest BCUT2D eigenvalue weighted by Gasteiger charge is -2.26. The van der Waals surface area contributed by atoms with Gasteiger partial charge in [0, 0.05) is 28.8 Å². The van der Waals surface area contributed by atoms with Crippen LogP contribution in [0.25, 0.3) is 16.6 Å². The molecular weight excluding hydrogens is 494 g/mol. The second-order valence-corrected chi connectivity index (χ2v) is 11.3. The Morgan fingerprint density at radius 2 is 1.65 bits per heavy atom. The molecule has 0 aliphatic heterocycles. The van der Waals surface area contributed by atoms with Crippen molar-refractivity contribution < 1.29 is 9.90 Å². The van der Waals surface area contributed by atoms with Crippen molar-refractivity contribution in [2.24, 2.45) is 5.92 Å². The Morgan fingerprint density at radius 1 is 0.950 bits per heavy atom. The highest BCUT2D eigenvalue weighted by Crippen LogP contribution is 2.38. The zero-order chi connectivity index (χ0) is 27.6. The van der Waals surface area contributed by atoms with E-state index in [-0.39, 0.29) is 18.4 Å². The number of aliphatic hydroxyl groups is 1. The molecule has 0 saturated heterocycles. The molecular formula is C35H37N3O2. The number of carbonyl (C=O) groups excluding carboxylic acids is 1. The fourth-order valence-electron chi connectivity index (χ4n) is 6.66. The van der Waals surface area contributed by atoms with Crippen LogP contribution < -0.4 is 5.32 Å². The first-order valence-electron chi connectivity index (χ1n) is 14.4. The van der Waals surface area contributed by atoms with Crippen LogP contribution in [0.15, 0.2) is 84.9 Å². The van der Waals surface area contributed by atoms with Crippen molar-refractivity contribution in [1.82, 2.24) is 14.7 Å². The molecule has 40 heavy (non-hydrogen) atoms. The van der Waals surface area contributed by atoms with Gasteiger partial charge in [-0.25, -0.2) is 4.98 Å². The molecule has 3 aromatic carbocycles. The number of rotatable bonds is 8. The van der Waals surface area contributed by atoms with E-state index in [1.165, 1.54) is 27.7 Å². The molecule has 5 nitrogen and oxygen atoms in total. The van der Waals surface area contributed by atoms with Gasteiger partial charge in [0.05, 0.1) is 24.1 Å². The first-order valence-corrected chi connectivity index (χ1v) is 14.4. The van der Waals surface area contributed by atoms with Crippen molar-refractivity contribution in [2.45, 2.75) is 57.9 Å². The standard InChI is InChI=1S/C35H37N3O2/c1-23-20-24(2)38-32-15-9-8-14-29(32)30(34(38)36-23)21-25-16-18-28(19-17-25)33(27-12-6-7-13-27)35(40)37-31(22-39)26-10-4-3-5-11-26/h3-5,8-11,14-20,27,31,33,39H,6-7,12-13,21-22H2,1-2H3,(H,37,40)/t31-,33+/m0/s1. The highest BCUT2D eigenvalue weighted by atomic mass is 16.3. The van der Waals surface area contributed by atoms with E-state index in [4.69, 9.17) is 4.98 Å². The monoisotopic (exact) mass is 531 g/mol. The number of aryl methyl sites for hydroxylation is 2. The van der Waals surface area contributed by atoms with Gasteiger partial charge in [0.2, 0.25) is 5.91 Å². The van der Waals surface area contributed by atoms with Crippen LogP contribution in [-0.2, 0) is 11.2 Å². The number of nitrogens with one attached hydrogen (secondary N) is 1. The van der Waals surface area contributed by atoms with Crippen LogP contribution in [0.4, 0.5) is 0 Å². The number of para-hydroxylation sites is 1. The quantitative estimate of drug-likeness (QED) is 0.231. The van der Waals surface area contributed by atoms with Crippen LogP contribution in [0.2, 0.25) is 0 Å². The summed E-state index contributed by atoms with van der Waals surface area (Å²) in [5, 5.41) is 14.5. The summed E-state index contributed by atoms with van der Waals surface area (Å²) in [4.78, 5) is 18.7. The van der Waals surface area contributed by atoms with Crippen molar-refractivity contribution >= 4 is 22.5 Å². The summed E-state index contributed by atoms with van der Waals surface area (Å²) in [5.74, 6) is 0.0926. The van der Waals surface area contributed by atoms with E-state index in [2.05, 4.69) is 78.2 Å². The van der Waals surface area contributed by atoms with Crippen molar-refractivity contribution in [3.63, 3.8) is 0 Å². The molecule has 1 fully saturated rings. The number of carbonyl (C=O) groups is 1. The van der Waals surface area contributed by atoms with E-state index >= 15 is 0 Å². The number of benzene rings is 3. The van der Waals surface area contributed by atoms with E-state index in [1.807, 2.05) is 30.3 Å². The minimum atomic E-state index is -0.410. The molecule has 0 radical (unpaired) electrons. The molecule has 5 aromatic rings. The molecule has 1 saturated carbocycles. The second kappa shape index (κ2) is 11.3. The molecule has 2 aromatic heterocycles. The second-order valence-electron chi connectivity index (χ2n) is 11.3. The number of nitrogens with zero attached hydrogens (tertiary/aromatic N) is 2. The van der Waals surface area contributed by atoms with Gasteiger partial charge in [-0.1, -0.05) is 85.6 Å². The highest BCUT2D eigenvalue weighted by Gasteiger charge is 2.33.